The summed E-state index contributed by atoms with van der Waals surface area (Å²) in [5.74, 6) is -1.15. The van der Waals surface area contributed by atoms with Crippen molar-refractivity contribution in [1.82, 2.24) is 9.88 Å². The first-order chi connectivity index (χ1) is 18.4. The first kappa shape index (κ1) is 29.3. The summed E-state index contributed by atoms with van der Waals surface area (Å²) >= 11 is 0. The average Bonchev–Trinajstić information content (AvgIpc) is 3.15. The highest BCUT2D eigenvalue weighted by Crippen LogP contribution is 2.39. The molecular formula is C29H40FN3O5S. The minimum absolute atomic E-state index is 0.119. The summed E-state index contributed by atoms with van der Waals surface area (Å²) in [4.78, 5) is 26.8. The normalized spacial score (nSPS) is 21.4. The van der Waals surface area contributed by atoms with Crippen LogP contribution in [0, 0.1) is 19.7 Å². The monoisotopic (exact) mass is 561 g/mol. The van der Waals surface area contributed by atoms with Gasteiger partial charge in [-0.15, -0.1) is 0 Å². The number of amides is 2. The molecule has 0 spiro atoms. The molecule has 10 heteroatoms. The van der Waals surface area contributed by atoms with Crippen molar-refractivity contribution >= 4 is 27.3 Å². The predicted octanol–water partition coefficient (Wildman–Crippen LogP) is 4.59. The molecule has 214 valence electrons. The van der Waals surface area contributed by atoms with Crippen molar-refractivity contribution in [2.45, 2.75) is 94.9 Å². The molecule has 2 aromatic rings. The molecule has 1 aromatic heterocycles. The fourth-order valence-electron chi connectivity index (χ4n) is 6.35. The molecule has 1 heterocycles. The molecule has 1 atom stereocenters. The molecular weight excluding hydrogens is 521 g/mol. The van der Waals surface area contributed by atoms with Crippen molar-refractivity contribution in [2.24, 2.45) is 7.05 Å². The zero-order valence-corrected chi connectivity index (χ0v) is 24.0. The number of benzene rings is 1. The highest BCUT2D eigenvalue weighted by atomic mass is 32.2. The maximum absolute atomic E-state index is 13.8. The van der Waals surface area contributed by atoms with E-state index in [4.69, 9.17) is 0 Å². The van der Waals surface area contributed by atoms with Gasteiger partial charge in [-0.3, -0.25) is 9.59 Å². The Morgan fingerprint density at radius 2 is 1.69 bits per heavy atom. The molecule has 2 amide bonds. The van der Waals surface area contributed by atoms with Crippen LogP contribution in [0.1, 0.15) is 103 Å². The van der Waals surface area contributed by atoms with E-state index in [1.807, 2.05) is 0 Å². The first-order valence-corrected chi connectivity index (χ1v) is 15.8. The van der Waals surface area contributed by atoms with Gasteiger partial charge in [0.1, 0.15) is 15.7 Å². The average molecular weight is 562 g/mol. The van der Waals surface area contributed by atoms with Gasteiger partial charge in [0, 0.05) is 30.7 Å². The van der Waals surface area contributed by atoms with E-state index < -0.39 is 27.1 Å². The lowest BCUT2D eigenvalue weighted by Crippen LogP contribution is -2.42. The molecule has 4 rings (SSSR count). The van der Waals surface area contributed by atoms with Crippen LogP contribution in [0.4, 0.5) is 10.1 Å². The number of rotatable bonds is 7. The van der Waals surface area contributed by atoms with Crippen molar-refractivity contribution in [1.29, 1.82) is 0 Å². The van der Waals surface area contributed by atoms with Crippen molar-refractivity contribution < 1.29 is 27.5 Å². The summed E-state index contributed by atoms with van der Waals surface area (Å²) in [6.07, 6.45) is 6.81. The Kier molecular flexibility index (Phi) is 8.85. The summed E-state index contributed by atoms with van der Waals surface area (Å²) in [5.41, 5.74) is 3.06. The van der Waals surface area contributed by atoms with Crippen LogP contribution in [0.25, 0.3) is 0 Å². The number of halogens is 1. The Morgan fingerprint density at radius 3 is 2.28 bits per heavy atom. The lowest BCUT2D eigenvalue weighted by atomic mass is 9.85. The number of nitrogens with zero attached hydrogens (tertiary/aromatic N) is 1. The topological polar surface area (TPSA) is 118 Å². The lowest BCUT2D eigenvalue weighted by Gasteiger charge is -2.29. The van der Waals surface area contributed by atoms with E-state index in [0.29, 0.717) is 53.8 Å². The quantitative estimate of drug-likeness (QED) is 0.457. The number of aromatic nitrogens is 1. The molecule has 2 saturated carbocycles. The molecule has 1 aromatic carbocycles. The fourth-order valence-corrected chi connectivity index (χ4v) is 7.48. The van der Waals surface area contributed by atoms with E-state index in [9.17, 15) is 27.5 Å². The zero-order valence-electron chi connectivity index (χ0n) is 23.2. The van der Waals surface area contributed by atoms with Gasteiger partial charge in [0.2, 0.25) is 0 Å². The SMILES string of the molecule is Cc1cc(NC(=O)c2c(C)c(C(O)C(=O)N[C@H]3CC[C@@H](S(C)(=O)=O)CC3)n(C)c2C2CCCCC2)ccc1F. The van der Waals surface area contributed by atoms with Crippen molar-refractivity contribution in [3.63, 3.8) is 0 Å². The third-order valence-electron chi connectivity index (χ3n) is 8.51. The second-order valence-corrected chi connectivity index (χ2v) is 13.6. The Bertz CT molecular complexity index is 1340. The lowest BCUT2D eigenvalue weighted by molar-refractivity contribution is -0.130. The third-order valence-corrected chi connectivity index (χ3v) is 10.2. The van der Waals surface area contributed by atoms with Gasteiger partial charge in [-0.2, -0.15) is 0 Å². The Hall–Kier alpha value is -2.72. The van der Waals surface area contributed by atoms with Gasteiger partial charge in [0.15, 0.2) is 6.10 Å². The first-order valence-electron chi connectivity index (χ1n) is 13.8. The Morgan fingerprint density at radius 1 is 1.05 bits per heavy atom. The number of nitrogens with one attached hydrogen (secondary N) is 2. The highest BCUT2D eigenvalue weighted by Gasteiger charge is 2.35. The maximum Gasteiger partial charge on any atom is 0.257 e. The third kappa shape index (κ3) is 6.38. The molecule has 0 saturated heterocycles. The van der Waals surface area contributed by atoms with Crippen molar-refractivity contribution in [3.05, 3.63) is 52.1 Å². The van der Waals surface area contributed by atoms with E-state index in [1.165, 1.54) is 18.4 Å². The van der Waals surface area contributed by atoms with E-state index in [2.05, 4.69) is 10.6 Å². The van der Waals surface area contributed by atoms with Crippen LogP contribution in [0.2, 0.25) is 0 Å². The van der Waals surface area contributed by atoms with Gasteiger partial charge in [-0.05, 0) is 87.6 Å². The second kappa shape index (κ2) is 11.8. The smallest absolute Gasteiger partial charge is 0.257 e. The van der Waals surface area contributed by atoms with E-state index in [-0.39, 0.29) is 23.7 Å². The van der Waals surface area contributed by atoms with Gasteiger partial charge in [-0.1, -0.05) is 19.3 Å². The molecule has 2 fully saturated rings. The number of hydrogen-bond acceptors (Lipinski definition) is 5. The minimum Gasteiger partial charge on any atom is -0.377 e. The molecule has 1 unspecified atom stereocenters. The molecule has 0 radical (unpaired) electrons. The zero-order chi connectivity index (χ0) is 28.5. The molecule has 8 nitrogen and oxygen atoms in total. The van der Waals surface area contributed by atoms with Gasteiger partial charge in [0.25, 0.3) is 11.8 Å². The molecule has 39 heavy (non-hydrogen) atoms. The Labute approximate surface area is 230 Å². The van der Waals surface area contributed by atoms with E-state index in [0.717, 1.165) is 37.8 Å². The van der Waals surface area contributed by atoms with Crippen LogP contribution in [0.3, 0.4) is 0 Å². The molecule has 2 aliphatic carbocycles. The maximum atomic E-state index is 13.8. The summed E-state index contributed by atoms with van der Waals surface area (Å²) in [6, 6.07) is 4.19. The minimum atomic E-state index is -3.12. The number of sulfone groups is 1. The van der Waals surface area contributed by atoms with Gasteiger partial charge < -0.3 is 20.3 Å². The predicted molar refractivity (Wildman–Crippen MR) is 149 cm³/mol. The van der Waals surface area contributed by atoms with Crippen LogP contribution in [0.15, 0.2) is 18.2 Å². The van der Waals surface area contributed by atoms with Crippen LogP contribution < -0.4 is 10.6 Å². The molecule has 0 bridgehead atoms. The van der Waals surface area contributed by atoms with Crippen molar-refractivity contribution in [2.75, 3.05) is 11.6 Å². The molecule has 2 aliphatic rings. The standard InChI is InChI=1S/C29H40FN3O5S/c1-17-16-21(12-15-23(17)30)32-28(35)24-18(2)25(33(3)26(24)19-8-6-5-7-9-19)27(34)29(36)31-20-10-13-22(14-11-20)39(4,37)38/h12,15-16,19-20,22,27,34H,5-11,13-14H2,1-4H3,(H,31,36)(H,32,35)/t20-,22+,27?. The fraction of sp³-hybridized carbons (Fsp3) is 0.586. The number of aliphatic hydroxyl groups excluding tert-OH is 1. The Balaban J connectivity index is 1.60. The van der Waals surface area contributed by atoms with Crippen LogP contribution in [-0.2, 0) is 21.7 Å². The van der Waals surface area contributed by atoms with E-state index in [1.54, 1.807) is 31.5 Å². The largest absolute Gasteiger partial charge is 0.377 e. The molecule has 0 aliphatic heterocycles. The van der Waals surface area contributed by atoms with Crippen LogP contribution in [-0.4, -0.2) is 47.5 Å². The number of aryl methyl sites for hydroxylation is 1. The highest BCUT2D eigenvalue weighted by molar-refractivity contribution is 7.91. The summed E-state index contributed by atoms with van der Waals surface area (Å²) in [7, 11) is -1.33. The number of aliphatic hydroxyl groups is 1. The number of hydrogen-bond donors (Lipinski definition) is 3. The summed E-state index contributed by atoms with van der Waals surface area (Å²) in [6.45, 7) is 3.38. The van der Waals surface area contributed by atoms with E-state index >= 15 is 0 Å². The van der Waals surface area contributed by atoms with Crippen molar-refractivity contribution in [3.8, 4) is 0 Å². The number of anilines is 1. The second-order valence-electron chi connectivity index (χ2n) is 11.3. The van der Waals surface area contributed by atoms with Gasteiger partial charge >= 0.3 is 0 Å². The van der Waals surface area contributed by atoms with Gasteiger partial charge in [0.05, 0.1) is 16.5 Å². The number of carbonyl (C=O) groups excluding carboxylic acids is 2. The molecule has 3 N–H and O–H groups in total. The van der Waals surface area contributed by atoms with Gasteiger partial charge in [-0.25, -0.2) is 12.8 Å². The summed E-state index contributed by atoms with van der Waals surface area (Å²) < 4.78 is 39.3. The van der Waals surface area contributed by atoms with Crippen LogP contribution in [0.5, 0.6) is 0 Å². The van der Waals surface area contributed by atoms with Crippen LogP contribution >= 0.6 is 0 Å². The summed E-state index contributed by atoms with van der Waals surface area (Å²) in [5, 5.41) is 16.6. The number of carbonyl (C=O) groups is 2.